The Morgan fingerprint density at radius 1 is 1.58 bits per heavy atom. The zero-order valence-electron chi connectivity index (χ0n) is 6.92. The molecule has 1 aromatic carbocycles. The van der Waals surface area contributed by atoms with Crippen molar-refractivity contribution < 1.29 is 9.60 Å². The largest absolute Gasteiger partial charge is 0.316 e. The fraction of sp³-hybridized carbons (Fsp3) is 0.333. The van der Waals surface area contributed by atoms with Gasteiger partial charge in [0.2, 0.25) is 0 Å². The molecule has 0 heterocycles. The summed E-state index contributed by atoms with van der Waals surface area (Å²) in [5.74, 6) is -0.277. The van der Waals surface area contributed by atoms with E-state index in [0.717, 1.165) is 12.0 Å². The van der Waals surface area contributed by atoms with Crippen molar-refractivity contribution in [2.24, 2.45) is 0 Å². The number of benzene rings is 1. The van der Waals surface area contributed by atoms with Gasteiger partial charge in [0.05, 0.1) is 6.04 Å². The van der Waals surface area contributed by atoms with E-state index in [4.69, 9.17) is 5.21 Å². The lowest BCUT2D eigenvalue weighted by atomic mass is 10.1. The summed E-state index contributed by atoms with van der Waals surface area (Å²) in [5.41, 5.74) is 2.89. The van der Waals surface area contributed by atoms with E-state index in [1.807, 2.05) is 6.92 Å². The van der Waals surface area contributed by atoms with Gasteiger partial charge in [-0.05, 0) is 24.1 Å². The monoisotopic (exact) mass is 169 g/mol. The number of halogens is 1. The van der Waals surface area contributed by atoms with Gasteiger partial charge in [0.25, 0.3) is 0 Å². The van der Waals surface area contributed by atoms with Crippen LogP contribution in [0.5, 0.6) is 0 Å². The summed E-state index contributed by atoms with van der Waals surface area (Å²) >= 11 is 0. The number of rotatable bonds is 3. The normalized spacial score (nSPS) is 12.9. The second-order valence-corrected chi connectivity index (χ2v) is 2.64. The van der Waals surface area contributed by atoms with Crippen LogP contribution in [0.1, 0.15) is 24.9 Å². The first-order valence-corrected chi connectivity index (χ1v) is 3.93. The lowest BCUT2D eigenvalue weighted by molar-refractivity contribution is 0.124. The van der Waals surface area contributed by atoms with Crippen molar-refractivity contribution in [3.05, 3.63) is 35.6 Å². The second-order valence-electron chi connectivity index (χ2n) is 2.64. The smallest absolute Gasteiger partial charge is 0.123 e. The highest BCUT2D eigenvalue weighted by atomic mass is 19.1. The van der Waals surface area contributed by atoms with E-state index in [9.17, 15) is 4.39 Å². The molecule has 0 aliphatic rings. The molecular formula is C9H12FNO. The Hall–Kier alpha value is -0.930. The van der Waals surface area contributed by atoms with Gasteiger partial charge in [-0.3, -0.25) is 0 Å². The third-order valence-electron chi connectivity index (χ3n) is 1.82. The maximum atomic E-state index is 12.7. The maximum Gasteiger partial charge on any atom is 0.123 e. The molecule has 66 valence electrons. The van der Waals surface area contributed by atoms with Crippen LogP contribution in [-0.4, -0.2) is 5.21 Å². The summed E-state index contributed by atoms with van der Waals surface area (Å²) in [6.07, 6.45) is 0.722. The second kappa shape index (κ2) is 4.18. The first kappa shape index (κ1) is 9.16. The molecule has 0 amide bonds. The summed E-state index contributed by atoms with van der Waals surface area (Å²) in [6.45, 7) is 1.92. The average molecular weight is 169 g/mol. The minimum Gasteiger partial charge on any atom is -0.316 e. The molecule has 0 fully saturated rings. The average Bonchev–Trinajstić information content (AvgIpc) is 2.07. The van der Waals surface area contributed by atoms with Crippen LogP contribution in [0.4, 0.5) is 4.39 Å². The number of hydroxylamine groups is 1. The minimum absolute atomic E-state index is 0.180. The summed E-state index contributed by atoms with van der Waals surface area (Å²) < 4.78 is 12.7. The van der Waals surface area contributed by atoms with Gasteiger partial charge in [0.15, 0.2) is 0 Å². The predicted molar refractivity (Wildman–Crippen MR) is 44.4 cm³/mol. The van der Waals surface area contributed by atoms with E-state index in [0.29, 0.717) is 0 Å². The molecule has 3 heteroatoms. The Labute approximate surface area is 71.0 Å². The molecule has 1 rings (SSSR count). The SMILES string of the molecule is CCC(NO)c1cccc(F)c1. The molecule has 1 atom stereocenters. The summed E-state index contributed by atoms with van der Waals surface area (Å²) in [5, 5.41) is 8.70. The van der Waals surface area contributed by atoms with Crippen LogP contribution in [0.3, 0.4) is 0 Å². The van der Waals surface area contributed by atoms with E-state index in [2.05, 4.69) is 5.48 Å². The molecule has 2 nitrogen and oxygen atoms in total. The van der Waals surface area contributed by atoms with Gasteiger partial charge in [-0.25, -0.2) is 4.39 Å². The molecular weight excluding hydrogens is 157 g/mol. The Bertz CT molecular complexity index is 248. The highest BCUT2D eigenvalue weighted by Crippen LogP contribution is 2.16. The summed E-state index contributed by atoms with van der Waals surface area (Å²) in [7, 11) is 0. The van der Waals surface area contributed by atoms with Crippen LogP contribution < -0.4 is 5.48 Å². The lowest BCUT2D eigenvalue weighted by Gasteiger charge is -2.12. The molecule has 0 saturated carbocycles. The zero-order valence-corrected chi connectivity index (χ0v) is 6.92. The van der Waals surface area contributed by atoms with Crippen molar-refractivity contribution >= 4 is 0 Å². The molecule has 2 N–H and O–H groups in total. The zero-order chi connectivity index (χ0) is 8.97. The molecule has 0 spiro atoms. The number of nitrogens with one attached hydrogen (secondary N) is 1. The molecule has 1 unspecified atom stereocenters. The van der Waals surface area contributed by atoms with Crippen molar-refractivity contribution in [2.45, 2.75) is 19.4 Å². The topological polar surface area (TPSA) is 32.3 Å². The van der Waals surface area contributed by atoms with Crippen molar-refractivity contribution in [1.82, 2.24) is 5.48 Å². The highest BCUT2D eigenvalue weighted by molar-refractivity contribution is 5.19. The molecule has 0 aliphatic carbocycles. The standard InChI is InChI=1S/C9H12FNO/c1-2-9(11-12)7-4-3-5-8(10)6-7/h3-6,9,11-12H,2H2,1H3. The first-order chi connectivity index (χ1) is 5.77. The molecule has 1 aromatic rings. The van der Waals surface area contributed by atoms with E-state index >= 15 is 0 Å². The van der Waals surface area contributed by atoms with E-state index < -0.39 is 0 Å². The van der Waals surface area contributed by atoms with E-state index in [-0.39, 0.29) is 11.9 Å². The van der Waals surface area contributed by atoms with Gasteiger partial charge >= 0.3 is 0 Å². The van der Waals surface area contributed by atoms with Gasteiger partial charge in [-0.15, -0.1) is 0 Å². The van der Waals surface area contributed by atoms with E-state index in [1.165, 1.54) is 12.1 Å². The Morgan fingerprint density at radius 3 is 2.83 bits per heavy atom. The van der Waals surface area contributed by atoms with Gasteiger partial charge in [-0.2, -0.15) is 5.48 Å². The van der Waals surface area contributed by atoms with Crippen molar-refractivity contribution in [3.8, 4) is 0 Å². The van der Waals surface area contributed by atoms with Crippen LogP contribution in [0.25, 0.3) is 0 Å². The van der Waals surface area contributed by atoms with Crippen LogP contribution in [0, 0.1) is 5.82 Å². The lowest BCUT2D eigenvalue weighted by Crippen LogP contribution is -2.15. The number of hydrogen-bond acceptors (Lipinski definition) is 2. The fourth-order valence-electron chi connectivity index (χ4n) is 1.12. The predicted octanol–water partition coefficient (Wildman–Crippen LogP) is 2.26. The van der Waals surface area contributed by atoms with Gasteiger partial charge < -0.3 is 5.21 Å². The molecule has 0 bridgehead atoms. The Kier molecular flexibility index (Phi) is 3.19. The number of hydrogen-bond donors (Lipinski definition) is 2. The van der Waals surface area contributed by atoms with Gasteiger partial charge in [-0.1, -0.05) is 19.1 Å². The molecule has 0 aliphatic heterocycles. The maximum absolute atomic E-state index is 12.7. The van der Waals surface area contributed by atoms with Crippen molar-refractivity contribution in [2.75, 3.05) is 0 Å². The van der Waals surface area contributed by atoms with E-state index in [1.54, 1.807) is 12.1 Å². The molecule has 0 radical (unpaired) electrons. The summed E-state index contributed by atoms with van der Waals surface area (Å²) in [6, 6.07) is 6.02. The summed E-state index contributed by atoms with van der Waals surface area (Å²) in [4.78, 5) is 0. The van der Waals surface area contributed by atoms with Crippen LogP contribution in [0.2, 0.25) is 0 Å². The van der Waals surface area contributed by atoms with Gasteiger partial charge in [0.1, 0.15) is 5.82 Å². The van der Waals surface area contributed by atoms with Gasteiger partial charge in [0, 0.05) is 0 Å². The third-order valence-corrected chi connectivity index (χ3v) is 1.82. The fourth-order valence-corrected chi connectivity index (χ4v) is 1.12. The molecule has 12 heavy (non-hydrogen) atoms. The Morgan fingerprint density at radius 2 is 2.33 bits per heavy atom. The minimum atomic E-state index is -0.277. The quantitative estimate of drug-likeness (QED) is 0.680. The first-order valence-electron chi connectivity index (χ1n) is 3.93. The van der Waals surface area contributed by atoms with Crippen LogP contribution in [0.15, 0.2) is 24.3 Å². The highest BCUT2D eigenvalue weighted by Gasteiger charge is 2.06. The molecule has 0 saturated heterocycles. The molecule has 0 aromatic heterocycles. The van der Waals surface area contributed by atoms with Crippen LogP contribution >= 0.6 is 0 Å². The van der Waals surface area contributed by atoms with Crippen LogP contribution in [-0.2, 0) is 0 Å². The van der Waals surface area contributed by atoms with Crippen molar-refractivity contribution in [3.63, 3.8) is 0 Å². The third kappa shape index (κ3) is 2.03. The Balaban J connectivity index is 2.85. The van der Waals surface area contributed by atoms with Crippen molar-refractivity contribution in [1.29, 1.82) is 0 Å².